The summed E-state index contributed by atoms with van der Waals surface area (Å²) in [6.45, 7) is 0.392. The van der Waals surface area contributed by atoms with Crippen LogP contribution in [0.5, 0.6) is 0 Å². The normalized spacial score (nSPS) is 10.4. The number of amides is 1. The highest BCUT2D eigenvalue weighted by molar-refractivity contribution is 5.89. The molecule has 0 aliphatic carbocycles. The van der Waals surface area contributed by atoms with E-state index in [2.05, 4.69) is 20.5 Å². The maximum absolute atomic E-state index is 12.0. The molecule has 0 aliphatic heterocycles. The van der Waals surface area contributed by atoms with Gasteiger partial charge in [-0.1, -0.05) is 30.3 Å². The first kappa shape index (κ1) is 14.9. The average Bonchev–Trinajstić information content (AvgIpc) is 3.09. The van der Waals surface area contributed by atoms with Gasteiger partial charge in [0.05, 0.1) is 0 Å². The summed E-state index contributed by atoms with van der Waals surface area (Å²) in [6, 6.07) is 13.7. The van der Waals surface area contributed by atoms with Gasteiger partial charge in [-0.2, -0.15) is 0 Å². The third-order valence-corrected chi connectivity index (χ3v) is 3.33. The number of hydrogen-bond donors (Lipinski definition) is 1. The Morgan fingerprint density at radius 2 is 1.74 bits per heavy atom. The lowest BCUT2D eigenvalue weighted by Crippen LogP contribution is -2.23. The molecular weight excluding hydrogens is 292 g/mol. The highest BCUT2D eigenvalue weighted by atomic mass is 16.4. The molecule has 23 heavy (non-hydrogen) atoms. The van der Waals surface area contributed by atoms with Crippen molar-refractivity contribution in [2.24, 2.45) is 0 Å². The first-order valence-corrected chi connectivity index (χ1v) is 7.34. The molecule has 2 heterocycles. The molecule has 0 spiro atoms. The Balaban J connectivity index is 1.53. The number of hydrogen-bond acceptors (Lipinski definition) is 5. The van der Waals surface area contributed by atoms with E-state index < -0.39 is 0 Å². The number of nitrogens with zero attached hydrogens (tertiary/aromatic N) is 3. The molecule has 3 rings (SSSR count). The SMILES string of the molecule is O=C(NCc1ccncc1)c1nnc(CCc2ccccc2)o1. The zero-order valence-corrected chi connectivity index (χ0v) is 12.5. The van der Waals surface area contributed by atoms with E-state index in [1.807, 2.05) is 42.5 Å². The highest BCUT2D eigenvalue weighted by Crippen LogP contribution is 2.07. The summed E-state index contributed by atoms with van der Waals surface area (Å²) in [5, 5.41) is 10.5. The second-order valence-electron chi connectivity index (χ2n) is 5.02. The summed E-state index contributed by atoms with van der Waals surface area (Å²) in [7, 11) is 0. The Hall–Kier alpha value is -3.02. The maximum Gasteiger partial charge on any atom is 0.309 e. The van der Waals surface area contributed by atoms with Gasteiger partial charge in [0.2, 0.25) is 5.89 Å². The van der Waals surface area contributed by atoms with Gasteiger partial charge >= 0.3 is 11.8 Å². The van der Waals surface area contributed by atoms with Crippen LogP contribution in [0.25, 0.3) is 0 Å². The number of rotatable bonds is 6. The van der Waals surface area contributed by atoms with E-state index in [9.17, 15) is 4.79 Å². The van der Waals surface area contributed by atoms with E-state index in [-0.39, 0.29) is 11.8 Å². The van der Waals surface area contributed by atoms with Gasteiger partial charge in [-0.05, 0) is 29.7 Å². The zero-order chi connectivity index (χ0) is 15.9. The van der Waals surface area contributed by atoms with Crippen molar-refractivity contribution in [2.75, 3.05) is 0 Å². The van der Waals surface area contributed by atoms with Crippen molar-refractivity contribution < 1.29 is 9.21 Å². The number of pyridine rings is 1. The molecule has 0 aliphatic rings. The molecule has 2 aromatic heterocycles. The molecule has 3 aromatic rings. The Labute approximate surface area is 133 Å². The van der Waals surface area contributed by atoms with Crippen molar-refractivity contribution in [3.05, 3.63) is 77.8 Å². The molecule has 0 fully saturated rings. The van der Waals surface area contributed by atoms with E-state index in [4.69, 9.17) is 4.42 Å². The van der Waals surface area contributed by atoms with Gasteiger partial charge in [-0.15, -0.1) is 10.2 Å². The molecule has 0 saturated carbocycles. The molecule has 1 aromatic carbocycles. The summed E-state index contributed by atoms with van der Waals surface area (Å²) in [4.78, 5) is 15.9. The molecule has 0 bridgehead atoms. The third kappa shape index (κ3) is 4.23. The fourth-order valence-electron chi connectivity index (χ4n) is 2.10. The Kier molecular flexibility index (Phi) is 4.73. The monoisotopic (exact) mass is 308 g/mol. The molecule has 116 valence electrons. The molecule has 0 saturated heterocycles. The van der Waals surface area contributed by atoms with Gasteiger partial charge < -0.3 is 9.73 Å². The van der Waals surface area contributed by atoms with Crippen LogP contribution in [0.3, 0.4) is 0 Å². The van der Waals surface area contributed by atoms with Crippen LogP contribution in [-0.2, 0) is 19.4 Å². The standard InChI is InChI=1S/C17H16N4O2/c22-16(19-12-14-8-10-18-11-9-14)17-21-20-15(23-17)7-6-13-4-2-1-3-5-13/h1-5,8-11H,6-7,12H2,(H,19,22). The Bertz CT molecular complexity index is 757. The summed E-state index contributed by atoms with van der Waals surface area (Å²) in [5.74, 6) is 0.0744. The number of benzene rings is 1. The largest absolute Gasteiger partial charge is 0.417 e. The summed E-state index contributed by atoms with van der Waals surface area (Å²) in [5.41, 5.74) is 2.14. The van der Waals surface area contributed by atoms with Crippen molar-refractivity contribution in [2.45, 2.75) is 19.4 Å². The van der Waals surface area contributed by atoms with Gasteiger partial charge in [0.15, 0.2) is 0 Å². The Morgan fingerprint density at radius 1 is 0.957 bits per heavy atom. The Morgan fingerprint density at radius 3 is 2.52 bits per heavy atom. The zero-order valence-electron chi connectivity index (χ0n) is 12.5. The molecule has 0 unspecified atom stereocenters. The minimum absolute atomic E-state index is 0.0119. The van der Waals surface area contributed by atoms with E-state index in [1.165, 1.54) is 5.56 Å². The number of aromatic nitrogens is 3. The molecule has 0 radical (unpaired) electrons. The van der Waals surface area contributed by atoms with Crippen LogP contribution >= 0.6 is 0 Å². The van der Waals surface area contributed by atoms with E-state index in [0.29, 0.717) is 18.9 Å². The molecule has 6 heteroatoms. The smallest absolute Gasteiger partial charge is 0.309 e. The van der Waals surface area contributed by atoms with E-state index >= 15 is 0 Å². The fraction of sp³-hybridized carbons (Fsp3) is 0.176. The minimum Gasteiger partial charge on any atom is -0.417 e. The van der Waals surface area contributed by atoms with Gasteiger partial charge in [0.1, 0.15) is 0 Å². The first-order chi connectivity index (χ1) is 11.3. The third-order valence-electron chi connectivity index (χ3n) is 3.33. The average molecular weight is 308 g/mol. The summed E-state index contributed by atoms with van der Waals surface area (Å²) >= 11 is 0. The predicted molar refractivity (Wildman–Crippen MR) is 83.6 cm³/mol. The van der Waals surface area contributed by atoms with Gasteiger partial charge in [-0.25, -0.2) is 0 Å². The van der Waals surface area contributed by atoms with Crippen molar-refractivity contribution in [3.63, 3.8) is 0 Å². The second kappa shape index (κ2) is 7.31. The van der Waals surface area contributed by atoms with Crippen LogP contribution in [0.15, 0.2) is 59.3 Å². The van der Waals surface area contributed by atoms with Crippen molar-refractivity contribution in [1.82, 2.24) is 20.5 Å². The number of aryl methyl sites for hydroxylation is 2. The molecule has 0 atom stereocenters. The second-order valence-corrected chi connectivity index (χ2v) is 5.02. The summed E-state index contributed by atoms with van der Waals surface area (Å²) in [6.07, 6.45) is 4.75. The number of nitrogens with one attached hydrogen (secondary N) is 1. The first-order valence-electron chi connectivity index (χ1n) is 7.34. The van der Waals surface area contributed by atoms with Crippen molar-refractivity contribution >= 4 is 5.91 Å². The van der Waals surface area contributed by atoms with Gasteiger partial charge in [0.25, 0.3) is 0 Å². The van der Waals surface area contributed by atoms with Crippen molar-refractivity contribution in [1.29, 1.82) is 0 Å². The molecular formula is C17H16N4O2. The lowest BCUT2D eigenvalue weighted by molar-refractivity contribution is 0.0914. The van der Waals surface area contributed by atoms with Gasteiger partial charge in [0, 0.05) is 25.4 Å². The minimum atomic E-state index is -0.375. The van der Waals surface area contributed by atoms with Crippen LogP contribution in [0, 0.1) is 0 Å². The predicted octanol–water partition coefficient (Wildman–Crippen LogP) is 2.18. The molecule has 1 amide bonds. The lowest BCUT2D eigenvalue weighted by atomic mass is 10.1. The topological polar surface area (TPSA) is 80.9 Å². The van der Waals surface area contributed by atoms with Gasteiger partial charge in [-0.3, -0.25) is 9.78 Å². The number of carbonyl (C=O) groups excluding carboxylic acids is 1. The van der Waals surface area contributed by atoms with Crippen LogP contribution in [0.4, 0.5) is 0 Å². The van der Waals surface area contributed by atoms with Crippen LogP contribution < -0.4 is 5.32 Å². The lowest BCUT2D eigenvalue weighted by Gasteiger charge is -2.01. The maximum atomic E-state index is 12.0. The fourth-order valence-corrected chi connectivity index (χ4v) is 2.10. The van der Waals surface area contributed by atoms with Crippen LogP contribution in [-0.4, -0.2) is 21.1 Å². The summed E-state index contributed by atoms with van der Waals surface area (Å²) < 4.78 is 5.41. The quantitative estimate of drug-likeness (QED) is 0.755. The molecule has 6 nitrogen and oxygen atoms in total. The van der Waals surface area contributed by atoms with E-state index in [1.54, 1.807) is 12.4 Å². The van der Waals surface area contributed by atoms with Crippen molar-refractivity contribution in [3.8, 4) is 0 Å². The van der Waals surface area contributed by atoms with E-state index in [0.717, 1.165) is 12.0 Å². The number of carbonyl (C=O) groups is 1. The van der Waals surface area contributed by atoms with Crippen LogP contribution in [0.2, 0.25) is 0 Å². The molecule has 1 N–H and O–H groups in total. The van der Waals surface area contributed by atoms with Crippen LogP contribution in [0.1, 0.15) is 27.7 Å². The highest BCUT2D eigenvalue weighted by Gasteiger charge is 2.14.